The van der Waals surface area contributed by atoms with Crippen molar-refractivity contribution in [2.75, 3.05) is 0 Å². The molecular formula is C14H11Br2NO2. The maximum absolute atomic E-state index is 11.9. The molecule has 0 spiro atoms. The maximum Gasteiger partial charge on any atom is 0.276 e. The molecule has 1 N–H and O–H groups in total. The molecule has 0 aliphatic carbocycles. The summed E-state index contributed by atoms with van der Waals surface area (Å²) in [6.45, 7) is 0.332. The van der Waals surface area contributed by atoms with Gasteiger partial charge >= 0.3 is 0 Å². The lowest BCUT2D eigenvalue weighted by molar-refractivity contribution is 0.0233. The van der Waals surface area contributed by atoms with Crippen molar-refractivity contribution in [2.45, 2.75) is 6.61 Å². The fourth-order valence-corrected chi connectivity index (χ4v) is 2.27. The van der Waals surface area contributed by atoms with Gasteiger partial charge < -0.3 is 0 Å². The van der Waals surface area contributed by atoms with Crippen LogP contribution in [0.15, 0.2) is 57.5 Å². The van der Waals surface area contributed by atoms with Gasteiger partial charge in [0.2, 0.25) is 0 Å². The predicted molar refractivity (Wildman–Crippen MR) is 80.5 cm³/mol. The summed E-state index contributed by atoms with van der Waals surface area (Å²) in [7, 11) is 0. The van der Waals surface area contributed by atoms with Crippen LogP contribution in [0, 0.1) is 0 Å². The summed E-state index contributed by atoms with van der Waals surface area (Å²) in [6.07, 6.45) is 0. The maximum atomic E-state index is 11.9. The van der Waals surface area contributed by atoms with Crippen molar-refractivity contribution in [2.24, 2.45) is 0 Å². The number of nitrogens with one attached hydrogen (secondary N) is 1. The molecule has 3 nitrogen and oxygen atoms in total. The van der Waals surface area contributed by atoms with E-state index >= 15 is 0 Å². The van der Waals surface area contributed by atoms with E-state index in [0.717, 1.165) is 14.5 Å². The van der Waals surface area contributed by atoms with Crippen molar-refractivity contribution in [3.63, 3.8) is 0 Å². The Morgan fingerprint density at radius 1 is 1.11 bits per heavy atom. The monoisotopic (exact) mass is 383 g/mol. The summed E-state index contributed by atoms with van der Waals surface area (Å²) in [5, 5.41) is 0. The second-order valence-corrected chi connectivity index (χ2v) is 5.60. The molecule has 0 saturated heterocycles. The van der Waals surface area contributed by atoms with Crippen LogP contribution in [0.3, 0.4) is 0 Å². The molecule has 0 saturated carbocycles. The molecule has 2 aromatic rings. The number of rotatable bonds is 4. The van der Waals surface area contributed by atoms with Gasteiger partial charge in [-0.1, -0.05) is 46.3 Å². The van der Waals surface area contributed by atoms with Crippen molar-refractivity contribution >= 4 is 37.8 Å². The van der Waals surface area contributed by atoms with Crippen LogP contribution in [0.5, 0.6) is 0 Å². The second kappa shape index (κ2) is 6.84. The Morgan fingerprint density at radius 3 is 2.58 bits per heavy atom. The molecule has 2 aromatic carbocycles. The minimum Gasteiger partial charge on any atom is -0.269 e. The third kappa shape index (κ3) is 4.16. The average molecular weight is 385 g/mol. The van der Waals surface area contributed by atoms with Gasteiger partial charge in [0, 0.05) is 8.95 Å². The fourth-order valence-electron chi connectivity index (χ4n) is 1.49. The van der Waals surface area contributed by atoms with Gasteiger partial charge in [0.15, 0.2) is 0 Å². The van der Waals surface area contributed by atoms with Gasteiger partial charge in [0.1, 0.15) is 0 Å². The summed E-state index contributed by atoms with van der Waals surface area (Å²) >= 11 is 6.66. The smallest absolute Gasteiger partial charge is 0.269 e. The Kier molecular flexibility index (Phi) is 5.13. The second-order valence-electron chi connectivity index (χ2n) is 3.83. The van der Waals surface area contributed by atoms with E-state index in [9.17, 15) is 4.79 Å². The Morgan fingerprint density at radius 2 is 1.84 bits per heavy atom. The average Bonchev–Trinajstić information content (AvgIpc) is 2.42. The van der Waals surface area contributed by atoms with Crippen LogP contribution >= 0.6 is 31.9 Å². The largest absolute Gasteiger partial charge is 0.276 e. The fraction of sp³-hybridized carbons (Fsp3) is 0.0714. The molecule has 0 aromatic heterocycles. The summed E-state index contributed by atoms with van der Waals surface area (Å²) in [5.74, 6) is -0.288. The van der Waals surface area contributed by atoms with Crippen LogP contribution in [0.1, 0.15) is 15.9 Å². The van der Waals surface area contributed by atoms with Crippen molar-refractivity contribution in [3.05, 3.63) is 68.6 Å². The lowest BCUT2D eigenvalue weighted by Gasteiger charge is -2.07. The van der Waals surface area contributed by atoms with E-state index in [1.54, 1.807) is 12.1 Å². The van der Waals surface area contributed by atoms with Crippen LogP contribution < -0.4 is 5.48 Å². The lowest BCUT2D eigenvalue weighted by atomic mass is 10.2. The van der Waals surface area contributed by atoms with Crippen LogP contribution in [-0.2, 0) is 11.4 Å². The minimum absolute atomic E-state index is 0.288. The van der Waals surface area contributed by atoms with Crippen LogP contribution in [0.25, 0.3) is 0 Å². The van der Waals surface area contributed by atoms with E-state index in [-0.39, 0.29) is 5.91 Å². The predicted octanol–water partition coefficient (Wildman–Crippen LogP) is 4.07. The molecule has 98 valence electrons. The molecule has 0 aliphatic rings. The van der Waals surface area contributed by atoms with E-state index < -0.39 is 0 Å². The molecule has 2 rings (SSSR count). The topological polar surface area (TPSA) is 38.3 Å². The van der Waals surface area contributed by atoms with Gasteiger partial charge in [-0.25, -0.2) is 5.48 Å². The number of halogens is 2. The Balaban J connectivity index is 1.93. The standard InChI is InChI=1S/C14H11Br2NO2/c15-11-6-7-13(16)12(8-11)14(18)17-19-9-10-4-2-1-3-5-10/h1-8H,9H2,(H,17,18). The molecule has 0 fully saturated rings. The third-order valence-corrected chi connectivity index (χ3v) is 3.60. The van der Waals surface area contributed by atoms with Gasteiger partial charge in [-0.3, -0.25) is 9.63 Å². The number of carbonyl (C=O) groups excluding carboxylic acids is 1. The SMILES string of the molecule is O=C(NOCc1ccccc1)c1cc(Br)ccc1Br. The van der Waals surface area contributed by atoms with Gasteiger partial charge in [0.25, 0.3) is 5.91 Å². The molecule has 5 heteroatoms. The zero-order valence-corrected chi connectivity index (χ0v) is 13.1. The number of benzene rings is 2. The molecule has 0 bridgehead atoms. The van der Waals surface area contributed by atoms with E-state index in [1.807, 2.05) is 36.4 Å². The van der Waals surface area contributed by atoms with E-state index in [2.05, 4.69) is 37.3 Å². The quantitative estimate of drug-likeness (QED) is 0.806. The molecule has 0 radical (unpaired) electrons. The zero-order chi connectivity index (χ0) is 13.7. The molecule has 0 unspecified atom stereocenters. The first-order valence-electron chi connectivity index (χ1n) is 5.58. The van der Waals surface area contributed by atoms with Crippen molar-refractivity contribution < 1.29 is 9.63 Å². The van der Waals surface area contributed by atoms with Crippen molar-refractivity contribution in [1.82, 2.24) is 5.48 Å². The van der Waals surface area contributed by atoms with Crippen molar-refractivity contribution in [3.8, 4) is 0 Å². The summed E-state index contributed by atoms with van der Waals surface area (Å²) in [5.41, 5.74) is 3.94. The van der Waals surface area contributed by atoms with Crippen LogP contribution in [0.4, 0.5) is 0 Å². The molecular weight excluding hydrogens is 374 g/mol. The summed E-state index contributed by atoms with van der Waals surface area (Å²) < 4.78 is 1.56. The number of amides is 1. The van der Waals surface area contributed by atoms with Gasteiger partial charge in [-0.2, -0.15) is 0 Å². The molecule has 0 aliphatic heterocycles. The van der Waals surface area contributed by atoms with Gasteiger partial charge in [0.05, 0.1) is 12.2 Å². The normalized spacial score (nSPS) is 10.2. The number of hydroxylamine groups is 1. The number of hydrogen-bond acceptors (Lipinski definition) is 2. The molecule has 0 heterocycles. The summed E-state index contributed by atoms with van der Waals surface area (Å²) in [6, 6.07) is 15.0. The minimum atomic E-state index is -0.288. The van der Waals surface area contributed by atoms with Gasteiger partial charge in [-0.05, 0) is 39.7 Å². The first-order chi connectivity index (χ1) is 9.16. The number of hydrogen-bond donors (Lipinski definition) is 1. The molecule has 19 heavy (non-hydrogen) atoms. The molecule has 0 atom stereocenters. The van der Waals surface area contributed by atoms with Gasteiger partial charge in [-0.15, -0.1) is 0 Å². The Labute approximate surface area is 128 Å². The van der Waals surface area contributed by atoms with Crippen LogP contribution in [0.2, 0.25) is 0 Å². The van der Waals surface area contributed by atoms with Crippen LogP contribution in [-0.4, -0.2) is 5.91 Å². The highest BCUT2D eigenvalue weighted by atomic mass is 79.9. The molecule has 1 amide bonds. The highest BCUT2D eigenvalue weighted by molar-refractivity contribution is 9.11. The Bertz CT molecular complexity index is 573. The van der Waals surface area contributed by atoms with E-state index in [4.69, 9.17) is 4.84 Å². The third-order valence-electron chi connectivity index (χ3n) is 2.42. The first kappa shape index (κ1) is 14.2. The first-order valence-corrected chi connectivity index (χ1v) is 7.16. The summed E-state index contributed by atoms with van der Waals surface area (Å²) in [4.78, 5) is 17.1. The zero-order valence-electron chi connectivity index (χ0n) is 9.90. The highest BCUT2D eigenvalue weighted by Crippen LogP contribution is 2.21. The van der Waals surface area contributed by atoms with E-state index in [0.29, 0.717) is 12.2 Å². The van der Waals surface area contributed by atoms with E-state index in [1.165, 1.54) is 0 Å². The lowest BCUT2D eigenvalue weighted by Crippen LogP contribution is -2.23. The highest BCUT2D eigenvalue weighted by Gasteiger charge is 2.10. The number of carbonyl (C=O) groups is 1. The van der Waals surface area contributed by atoms with Crippen molar-refractivity contribution in [1.29, 1.82) is 0 Å². The Hall–Kier alpha value is -1.17.